The molecule has 0 aliphatic heterocycles. The Labute approximate surface area is 175 Å². The fourth-order valence-electron chi connectivity index (χ4n) is 3.69. The van der Waals surface area contributed by atoms with Crippen LogP contribution in [0.2, 0.25) is 0 Å². The smallest absolute Gasteiger partial charge is 0.306 e. The van der Waals surface area contributed by atoms with Crippen LogP contribution >= 0.6 is 24.0 Å². The standard InChI is InChI=1S/C19H35N3O3.HI/c1-20-18(22-15-19(10-6-11-19)12-14-24-2)21-13-5-9-17(23)25-16-7-3-4-8-16;/h16H,3-15H2,1-2H3,(H2,20,21,22);1H. The summed E-state index contributed by atoms with van der Waals surface area (Å²) < 4.78 is 10.7. The maximum atomic E-state index is 11.8. The molecule has 2 rings (SSSR count). The number of nitrogens with zero attached hydrogens (tertiary/aromatic N) is 1. The Kier molecular flexibility index (Phi) is 11.5. The number of guanidine groups is 1. The van der Waals surface area contributed by atoms with Gasteiger partial charge in [-0.2, -0.15) is 0 Å². The summed E-state index contributed by atoms with van der Waals surface area (Å²) >= 11 is 0. The van der Waals surface area contributed by atoms with E-state index in [9.17, 15) is 4.79 Å². The molecular weight excluding hydrogens is 445 g/mol. The molecule has 0 spiro atoms. The van der Waals surface area contributed by atoms with E-state index in [1.165, 1.54) is 32.1 Å². The average Bonchev–Trinajstić information content (AvgIpc) is 3.08. The zero-order valence-corrected chi connectivity index (χ0v) is 18.7. The van der Waals surface area contributed by atoms with E-state index in [0.29, 0.717) is 11.8 Å². The second-order valence-corrected chi connectivity index (χ2v) is 7.45. The number of methoxy groups -OCH3 is 1. The van der Waals surface area contributed by atoms with E-state index in [0.717, 1.165) is 51.3 Å². The predicted molar refractivity (Wildman–Crippen MR) is 115 cm³/mol. The van der Waals surface area contributed by atoms with Gasteiger partial charge < -0.3 is 20.1 Å². The van der Waals surface area contributed by atoms with Crippen molar-refractivity contribution < 1.29 is 14.3 Å². The summed E-state index contributed by atoms with van der Waals surface area (Å²) in [7, 11) is 3.55. The molecule has 0 aromatic carbocycles. The molecule has 2 N–H and O–H groups in total. The molecule has 0 heterocycles. The summed E-state index contributed by atoms with van der Waals surface area (Å²) in [6.07, 6.45) is 10.8. The minimum absolute atomic E-state index is 0. The minimum atomic E-state index is -0.0652. The lowest BCUT2D eigenvalue weighted by atomic mass is 9.67. The molecule has 0 unspecified atom stereocenters. The summed E-state index contributed by atoms with van der Waals surface area (Å²) in [5.41, 5.74) is 0.360. The first-order chi connectivity index (χ1) is 12.2. The maximum Gasteiger partial charge on any atom is 0.306 e. The number of hydrogen-bond acceptors (Lipinski definition) is 4. The Bertz CT molecular complexity index is 436. The van der Waals surface area contributed by atoms with Gasteiger partial charge in [0.15, 0.2) is 5.96 Å². The number of carbonyl (C=O) groups is 1. The van der Waals surface area contributed by atoms with E-state index < -0.39 is 0 Å². The minimum Gasteiger partial charge on any atom is -0.462 e. The van der Waals surface area contributed by atoms with E-state index in [2.05, 4.69) is 15.6 Å². The lowest BCUT2D eigenvalue weighted by Crippen LogP contribution is -2.47. The number of carbonyl (C=O) groups excluding carboxylic acids is 1. The molecule has 2 saturated carbocycles. The highest BCUT2D eigenvalue weighted by Gasteiger charge is 2.36. The Morgan fingerprint density at radius 2 is 1.92 bits per heavy atom. The van der Waals surface area contributed by atoms with Crippen molar-refractivity contribution in [2.75, 3.05) is 33.9 Å². The Hall–Kier alpha value is -0.570. The van der Waals surface area contributed by atoms with Crippen LogP contribution in [0.25, 0.3) is 0 Å². The van der Waals surface area contributed by atoms with Gasteiger partial charge in [0, 0.05) is 40.3 Å². The quantitative estimate of drug-likeness (QED) is 0.165. The number of halogens is 1. The molecule has 0 aromatic rings. The van der Waals surface area contributed by atoms with Crippen molar-refractivity contribution in [3.05, 3.63) is 0 Å². The third kappa shape index (κ3) is 7.98. The molecule has 6 nitrogen and oxygen atoms in total. The lowest BCUT2D eigenvalue weighted by molar-refractivity contribution is -0.148. The van der Waals surface area contributed by atoms with Gasteiger partial charge in [-0.1, -0.05) is 6.42 Å². The number of nitrogens with one attached hydrogen (secondary N) is 2. The molecule has 0 saturated heterocycles. The van der Waals surface area contributed by atoms with Crippen molar-refractivity contribution in [1.82, 2.24) is 10.6 Å². The Balaban J connectivity index is 0.00000338. The van der Waals surface area contributed by atoms with Crippen molar-refractivity contribution in [3.8, 4) is 0 Å². The van der Waals surface area contributed by atoms with E-state index in [1.54, 1.807) is 14.2 Å². The van der Waals surface area contributed by atoms with Gasteiger partial charge in [-0.15, -0.1) is 24.0 Å². The fourth-order valence-corrected chi connectivity index (χ4v) is 3.69. The molecule has 26 heavy (non-hydrogen) atoms. The van der Waals surface area contributed by atoms with Gasteiger partial charge in [0.05, 0.1) is 0 Å². The summed E-state index contributed by atoms with van der Waals surface area (Å²) in [4.78, 5) is 16.1. The number of ether oxygens (including phenoxy) is 2. The van der Waals surface area contributed by atoms with E-state index in [1.807, 2.05) is 0 Å². The zero-order valence-electron chi connectivity index (χ0n) is 16.3. The van der Waals surface area contributed by atoms with Crippen LogP contribution < -0.4 is 10.6 Å². The molecule has 2 aliphatic rings. The average molecular weight is 481 g/mol. The van der Waals surface area contributed by atoms with Crippen molar-refractivity contribution in [2.45, 2.75) is 70.3 Å². The highest BCUT2D eigenvalue weighted by molar-refractivity contribution is 14.0. The summed E-state index contributed by atoms with van der Waals surface area (Å²) in [5, 5.41) is 6.73. The van der Waals surface area contributed by atoms with E-state index in [4.69, 9.17) is 9.47 Å². The first kappa shape index (κ1) is 23.5. The number of rotatable bonds is 10. The van der Waals surface area contributed by atoms with E-state index in [-0.39, 0.29) is 36.0 Å². The third-order valence-electron chi connectivity index (χ3n) is 5.56. The number of hydrogen-bond donors (Lipinski definition) is 2. The Morgan fingerprint density at radius 3 is 2.50 bits per heavy atom. The van der Waals surface area contributed by atoms with Crippen LogP contribution in [0.1, 0.15) is 64.2 Å². The second kappa shape index (κ2) is 12.8. The monoisotopic (exact) mass is 481 g/mol. The molecule has 0 radical (unpaired) electrons. The first-order valence-corrected chi connectivity index (χ1v) is 9.80. The molecular formula is C19H36IN3O3. The largest absolute Gasteiger partial charge is 0.462 e. The SMILES string of the molecule is CN=C(NCCCC(=O)OC1CCCC1)NCC1(CCOC)CCC1.I. The number of esters is 1. The fraction of sp³-hybridized carbons (Fsp3) is 0.895. The van der Waals surface area contributed by atoms with Gasteiger partial charge in [-0.05, 0) is 56.8 Å². The molecule has 0 bridgehead atoms. The van der Waals surface area contributed by atoms with Gasteiger partial charge in [0.1, 0.15) is 6.10 Å². The van der Waals surface area contributed by atoms with Crippen LogP contribution in [0.5, 0.6) is 0 Å². The van der Waals surface area contributed by atoms with Gasteiger partial charge in [-0.3, -0.25) is 9.79 Å². The molecule has 2 fully saturated rings. The van der Waals surface area contributed by atoms with Crippen LogP contribution in [0.4, 0.5) is 0 Å². The van der Waals surface area contributed by atoms with Gasteiger partial charge in [-0.25, -0.2) is 0 Å². The summed E-state index contributed by atoms with van der Waals surface area (Å²) in [5.74, 6) is 0.748. The van der Waals surface area contributed by atoms with Gasteiger partial charge in [0.25, 0.3) is 0 Å². The van der Waals surface area contributed by atoms with Crippen LogP contribution in [0, 0.1) is 5.41 Å². The van der Waals surface area contributed by atoms with Crippen molar-refractivity contribution in [1.29, 1.82) is 0 Å². The molecule has 0 atom stereocenters. The highest BCUT2D eigenvalue weighted by Crippen LogP contribution is 2.43. The second-order valence-electron chi connectivity index (χ2n) is 7.45. The summed E-state index contributed by atoms with van der Waals surface area (Å²) in [6.45, 7) is 2.47. The summed E-state index contributed by atoms with van der Waals surface area (Å²) in [6, 6.07) is 0. The normalized spacial score (nSPS) is 19.4. The third-order valence-corrected chi connectivity index (χ3v) is 5.56. The van der Waals surface area contributed by atoms with E-state index >= 15 is 0 Å². The molecule has 0 amide bonds. The van der Waals surface area contributed by atoms with Crippen LogP contribution in [-0.4, -0.2) is 51.9 Å². The van der Waals surface area contributed by atoms with Gasteiger partial charge in [0.2, 0.25) is 0 Å². The highest BCUT2D eigenvalue weighted by atomic mass is 127. The molecule has 2 aliphatic carbocycles. The molecule has 0 aromatic heterocycles. The lowest BCUT2D eigenvalue weighted by Gasteiger charge is -2.42. The number of aliphatic imine (C=N–C) groups is 1. The molecule has 7 heteroatoms. The maximum absolute atomic E-state index is 11.8. The van der Waals surface area contributed by atoms with Crippen LogP contribution in [-0.2, 0) is 14.3 Å². The van der Waals surface area contributed by atoms with Crippen molar-refractivity contribution in [3.63, 3.8) is 0 Å². The Morgan fingerprint density at radius 1 is 1.19 bits per heavy atom. The topological polar surface area (TPSA) is 72.0 Å². The zero-order chi connectivity index (χ0) is 18.0. The van der Waals surface area contributed by atoms with Crippen LogP contribution in [0.3, 0.4) is 0 Å². The van der Waals surface area contributed by atoms with Crippen molar-refractivity contribution in [2.24, 2.45) is 10.4 Å². The van der Waals surface area contributed by atoms with Crippen LogP contribution in [0.15, 0.2) is 4.99 Å². The first-order valence-electron chi connectivity index (χ1n) is 9.80. The predicted octanol–water partition coefficient (Wildman–Crippen LogP) is 3.24. The van der Waals surface area contributed by atoms with Gasteiger partial charge >= 0.3 is 5.97 Å². The molecule has 152 valence electrons. The van der Waals surface area contributed by atoms with Crippen molar-refractivity contribution >= 4 is 35.9 Å².